The van der Waals surface area contributed by atoms with Crippen molar-refractivity contribution < 1.29 is 14.6 Å². The largest absolute Gasteiger partial charge is 0.489 e. The van der Waals surface area contributed by atoms with Crippen molar-refractivity contribution in [1.29, 1.82) is 0 Å². The highest BCUT2D eigenvalue weighted by Crippen LogP contribution is 2.24. The summed E-state index contributed by atoms with van der Waals surface area (Å²) in [5, 5.41) is 14.0. The number of aromatic nitrogens is 2. The molecule has 0 amide bonds. The summed E-state index contributed by atoms with van der Waals surface area (Å²) < 4.78 is 7.08. The molecule has 0 aliphatic rings. The van der Waals surface area contributed by atoms with E-state index in [2.05, 4.69) is 5.10 Å². The highest BCUT2D eigenvalue weighted by molar-refractivity contribution is 6.01. The van der Waals surface area contributed by atoms with E-state index in [0.717, 1.165) is 5.56 Å². The number of ether oxygens (including phenoxy) is 1. The van der Waals surface area contributed by atoms with Gasteiger partial charge in [0.15, 0.2) is 5.69 Å². The van der Waals surface area contributed by atoms with Crippen LogP contribution in [0.5, 0.6) is 5.75 Å². The highest BCUT2D eigenvalue weighted by Gasteiger charge is 2.16. The predicted molar refractivity (Wildman–Crippen MR) is 78.4 cm³/mol. The van der Waals surface area contributed by atoms with Crippen molar-refractivity contribution in [1.82, 2.24) is 9.78 Å². The summed E-state index contributed by atoms with van der Waals surface area (Å²) in [5.41, 5.74) is 1.86. The van der Waals surface area contributed by atoms with Crippen molar-refractivity contribution >= 4 is 16.9 Å². The Balaban J connectivity index is 1.90. The first-order chi connectivity index (χ1) is 10.1. The van der Waals surface area contributed by atoms with Crippen LogP contribution >= 0.6 is 0 Å². The number of hydrogen-bond donors (Lipinski definition) is 1. The van der Waals surface area contributed by atoms with Crippen LogP contribution in [0.15, 0.2) is 48.5 Å². The van der Waals surface area contributed by atoms with Crippen LogP contribution in [0, 0.1) is 0 Å². The minimum Gasteiger partial charge on any atom is -0.489 e. The first kappa shape index (κ1) is 13.2. The van der Waals surface area contributed by atoms with Gasteiger partial charge in [-0.3, -0.25) is 4.68 Å². The molecule has 3 rings (SSSR count). The summed E-state index contributed by atoms with van der Waals surface area (Å²) in [6.07, 6.45) is 0. The van der Waals surface area contributed by atoms with E-state index in [9.17, 15) is 9.90 Å². The molecule has 0 fully saturated rings. The number of carboxylic acids is 1. The zero-order chi connectivity index (χ0) is 14.8. The van der Waals surface area contributed by atoms with Crippen LogP contribution in [0.3, 0.4) is 0 Å². The van der Waals surface area contributed by atoms with E-state index >= 15 is 0 Å². The van der Waals surface area contributed by atoms with Gasteiger partial charge in [-0.2, -0.15) is 5.10 Å². The number of fused-ring (bicyclic) bond motifs is 1. The Bertz CT molecular complexity index is 794. The lowest BCUT2D eigenvalue weighted by Crippen LogP contribution is -2.05. The second-order valence-electron chi connectivity index (χ2n) is 4.73. The summed E-state index contributed by atoms with van der Waals surface area (Å²) in [7, 11) is 1.62. The zero-order valence-corrected chi connectivity index (χ0v) is 11.5. The van der Waals surface area contributed by atoms with Gasteiger partial charge in [-0.1, -0.05) is 30.3 Å². The maximum Gasteiger partial charge on any atom is 0.354 e. The Morgan fingerprint density at radius 2 is 2.00 bits per heavy atom. The molecule has 1 N–H and O–H groups in total. The van der Waals surface area contributed by atoms with E-state index in [1.54, 1.807) is 25.2 Å². The molecule has 0 unspecified atom stereocenters. The molecule has 106 valence electrons. The average molecular weight is 282 g/mol. The van der Waals surface area contributed by atoms with Crippen LogP contribution in [-0.2, 0) is 13.7 Å². The minimum atomic E-state index is -1.000. The van der Waals surface area contributed by atoms with Gasteiger partial charge in [0, 0.05) is 12.4 Å². The van der Waals surface area contributed by atoms with Crippen LogP contribution in [0.1, 0.15) is 16.1 Å². The van der Waals surface area contributed by atoms with Gasteiger partial charge in [0.05, 0.1) is 5.52 Å². The molecule has 0 spiro atoms. The molecular formula is C16H14N2O3. The number of benzene rings is 2. The summed E-state index contributed by atoms with van der Waals surface area (Å²) in [4.78, 5) is 11.3. The van der Waals surface area contributed by atoms with Gasteiger partial charge in [0.25, 0.3) is 0 Å². The molecule has 0 radical (unpaired) electrons. The SMILES string of the molecule is Cn1nc2ccc(OCc3ccccc3)cc2c1C(=O)O. The van der Waals surface area contributed by atoms with Gasteiger partial charge in [-0.25, -0.2) is 4.79 Å². The maximum absolute atomic E-state index is 11.3. The standard InChI is InChI=1S/C16H14N2O3/c1-18-15(16(19)20)13-9-12(7-8-14(13)17-18)21-10-11-5-3-2-4-6-11/h2-9H,10H2,1H3,(H,19,20). The second kappa shape index (κ2) is 5.28. The number of carboxylic acid groups (broad SMARTS) is 1. The van der Waals surface area contributed by atoms with E-state index < -0.39 is 5.97 Å². The van der Waals surface area contributed by atoms with Crippen molar-refractivity contribution in [2.45, 2.75) is 6.61 Å². The fourth-order valence-corrected chi connectivity index (χ4v) is 2.26. The number of aromatic carboxylic acids is 1. The smallest absolute Gasteiger partial charge is 0.354 e. The van der Waals surface area contributed by atoms with Gasteiger partial charge in [0.2, 0.25) is 0 Å². The molecule has 0 aliphatic heterocycles. The highest BCUT2D eigenvalue weighted by atomic mass is 16.5. The average Bonchev–Trinajstić information content (AvgIpc) is 2.81. The molecule has 0 bridgehead atoms. The Kier molecular flexibility index (Phi) is 3.31. The molecule has 2 aromatic carbocycles. The van der Waals surface area contributed by atoms with Gasteiger partial charge < -0.3 is 9.84 Å². The lowest BCUT2D eigenvalue weighted by molar-refractivity contribution is 0.0687. The summed E-state index contributed by atoms with van der Waals surface area (Å²) in [5.74, 6) is -0.373. The molecule has 1 aromatic heterocycles. The van der Waals surface area contributed by atoms with E-state index in [4.69, 9.17) is 4.74 Å². The van der Waals surface area contributed by atoms with Crippen molar-refractivity contribution in [2.24, 2.45) is 7.05 Å². The predicted octanol–water partition coefficient (Wildman–Crippen LogP) is 2.85. The maximum atomic E-state index is 11.3. The zero-order valence-electron chi connectivity index (χ0n) is 11.5. The van der Waals surface area contributed by atoms with E-state index in [-0.39, 0.29) is 5.69 Å². The lowest BCUT2D eigenvalue weighted by Gasteiger charge is -2.06. The van der Waals surface area contributed by atoms with E-state index in [1.165, 1.54) is 4.68 Å². The fourth-order valence-electron chi connectivity index (χ4n) is 2.26. The van der Waals surface area contributed by atoms with Crippen LogP contribution in [0.2, 0.25) is 0 Å². The van der Waals surface area contributed by atoms with Crippen molar-refractivity contribution in [3.63, 3.8) is 0 Å². The topological polar surface area (TPSA) is 64.4 Å². The van der Waals surface area contributed by atoms with Gasteiger partial charge in [0.1, 0.15) is 12.4 Å². The molecule has 21 heavy (non-hydrogen) atoms. The van der Waals surface area contributed by atoms with Crippen LogP contribution in [-0.4, -0.2) is 20.9 Å². The molecular weight excluding hydrogens is 268 g/mol. The monoisotopic (exact) mass is 282 g/mol. The summed E-state index contributed by atoms with van der Waals surface area (Å²) in [6.45, 7) is 0.439. The van der Waals surface area contributed by atoms with Gasteiger partial charge >= 0.3 is 5.97 Å². The third-order valence-corrected chi connectivity index (χ3v) is 3.26. The van der Waals surface area contributed by atoms with E-state index in [0.29, 0.717) is 23.3 Å². The van der Waals surface area contributed by atoms with E-state index in [1.807, 2.05) is 30.3 Å². The molecule has 1 heterocycles. The molecule has 0 saturated carbocycles. The summed E-state index contributed by atoms with van der Waals surface area (Å²) in [6, 6.07) is 15.1. The Hall–Kier alpha value is -2.82. The number of aryl methyl sites for hydroxylation is 1. The minimum absolute atomic E-state index is 0.162. The van der Waals surface area contributed by atoms with Crippen molar-refractivity contribution in [3.05, 3.63) is 59.8 Å². The quantitative estimate of drug-likeness (QED) is 0.799. The Morgan fingerprint density at radius 3 is 2.71 bits per heavy atom. The fraction of sp³-hybridized carbons (Fsp3) is 0.125. The number of hydrogen-bond acceptors (Lipinski definition) is 3. The lowest BCUT2D eigenvalue weighted by atomic mass is 10.2. The molecule has 0 aliphatic carbocycles. The van der Waals surface area contributed by atoms with Crippen LogP contribution in [0.25, 0.3) is 10.9 Å². The first-order valence-corrected chi connectivity index (χ1v) is 6.52. The molecule has 5 heteroatoms. The molecule has 0 saturated heterocycles. The Morgan fingerprint density at radius 1 is 1.24 bits per heavy atom. The molecule has 3 aromatic rings. The number of carbonyl (C=O) groups is 1. The first-order valence-electron chi connectivity index (χ1n) is 6.52. The Labute approximate surface area is 121 Å². The molecule has 5 nitrogen and oxygen atoms in total. The normalized spacial score (nSPS) is 10.7. The summed E-state index contributed by atoms with van der Waals surface area (Å²) >= 11 is 0. The second-order valence-corrected chi connectivity index (χ2v) is 4.73. The third-order valence-electron chi connectivity index (χ3n) is 3.26. The number of rotatable bonds is 4. The van der Waals surface area contributed by atoms with Crippen LogP contribution in [0.4, 0.5) is 0 Å². The molecule has 0 atom stereocenters. The van der Waals surface area contributed by atoms with Crippen LogP contribution < -0.4 is 4.74 Å². The van der Waals surface area contributed by atoms with Gasteiger partial charge in [-0.15, -0.1) is 0 Å². The third kappa shape index (κ3) is 2.58. The van der Waals surface area contributed by atoms with Crippen molar-refractivity contribution in [2.75, 3.05) is 0 Å². The number of nitrogens with zero attached hydrogens (tertiary/aromatic N) is 2. The van der Waals surface area contributed by atoms with Gasteiger partial charge in [-0.05, 0) is 23.8 Å². The van der Waals surface area contributed by atoms with Crippen molar-refractivity contribution in [3.8, 4) is 5.75 Å².